The van der Waals surface area contributed by atoms with Gasteiger partial charge in [-0.2, -0.15) is 0 Å². The van der Waals surface area contributed by atoms with Gasteiger partial charge in [0.05, 0.1) is 12.0 Å². The first-order chi connectivity index (χ1) is 10.0. The fourth-order valence-corrected chi connectivity index (χ4v) is 2.69. The highest BCUT2D eigenvalue weighted by molar-refractivity contribution is 5.89. The van der Waals surface area contributed by atoms with Gasteiger partial charge in [0.15, 0.2) is 0 Å². The molecule has 0 spiro atoms. The number of aryl methyl sites for hydroxylation is 1. The zero-order valence-corrected chi connectivity index (χ0v) is 12.2. The third-order valence-electron chi connectivity index (χ3n) is 3.97. The van der Waals surface area contributed by atoms with Crippen molar-refractivity contribution in [2.45, 2.75) is 31.6 Å². The summed E-state index contributed by atoms with van der Waals surface area (Å²) in [6.45, 7) is 2.23. The molecule has 1 fully saturated rings. The zero-order valence-electron chi connectivity index (χ0n) is 12.2. The Morgan fingerprint density at radius 1 is 1.38 bits per heavy atom. The lowest BCUT2D eigenvalue weighted by Gasteiger charge is -2.41. The molecule has 0 aliphatic heterocycles. The first kappa shape index (κ1) is 15.5. The summed E-state index contributed by atoms with van der Waals surface area (Å²) < 4.78 is 4.92. The lowest BCUT2D eigenvalue weighted by atomic mass is 9.63. The summed E-state index contributed by atoms with van der Waals surface area (Å²) >= 11 is 0. The van der Waals surface area contributed by atoms with Crippen LogP contribution in [0.25, 0.3) is 0 Å². The Labute approximate surface area is 124 Å². The fraction of sp³-hybridized carbons (Fsp3) is 0.500. The van der Waals surface area contributed by atoms with E-state index in [9.17, 15) is 9.59 Å². The van der Waals surface area contributed by atoms with Crippen LogP contribution in [0, 0.1) is 6.92 Å². The highest BCUT2D eigenvalue weighted by atomic mass is 16.5. The third kappa shape index (κ3) is 3.61. The highest BCUT2D eigenvalue weighted by Crippen LogP contribution is 2.44. The molecule has 2 N–H and O–H groups in total. The van der Waals surface area contributed by atoms with E-state index in [0.29, 0.717) is 6.54 Å². The van der Waals surface area contributed by atoms with Crippen molar-refractivity contribution in [3.63, 3.8) is 0 Å². The van der Waals surface area contributed by atoms with Gasteiger partial charge in [-0.1, -0.05) is 36.2 Å². The van der Waals surface area contributed by atoms with Crippen LogP contribution in [0.5, 0.6) is 0 Å². The molecule has 1 amide bonds. The number of aliphatic carboxylic acids is 1. The Balaban J connectivity index is 1.91. The Morgan fingerprint density at radius 3 is 2.71 bits per heavy atom. The van der Waals surface area contributed by atoms with Crippen molar-refractivity contribution in [1.29, 1.82) is 0 Å². The van der Waals surface area contributed by atoms with Gasteiger partial charge in [-0.25, -0.2) is 4.79 Å². The summed E-state index contributed by atoms with van der Waals surface area (Å²) in [6, 6.07) is 8.08. The van der Waals surface area contributed by atoms with Crippen LogP contribution in [0.2, 0.25) is 0 Å². The number of amides is 1. The van der Waals surface area contributed by atoms with E-state index in [1.54, 1.807) is 0 Å². The van der Waals surface area contributed by atoms with E-state index in [-0.39, 0.29) is 19.1 Å². The van der Waals surface area contributed by atoms with Crippen LogP contribution in [0.3, 0.4) is 0 Å². The van der Waals surface area contributed by atoms with Gasteiger partial charge in [0, 0.05) is 6.54 Å². The first-order valence-electron chi connectivity index (χ1n) is 7.19. The van der Waals surface area contributed by atoms with Crippen molar-refractivity contribution < 1.29 is 19.4 Å². The molecule has 0 bridgehead atoms. The third-order valence-corrected chi connectivity index (χ3v) is 3.97. The number of rotatable bonds is 7. The summed E-state index contributed by atoms with van der Waals surface area (Å²) in [5.74, 6) is -0.991. The van der Waals surface area contributed by atoms with E-state index < -0.39 is 11.4 Å². The minimum atomic E-state index is -1.00. The van der Waals surface area contributed by atoms with Gasteiger partial charge in [0.2, 0.25) is 5.91 Å². The van der Waals surface area contributed by atoms with E-state index in [4.69, 9.17) is 9.84 Å². The number of carbonyl (C=O) groups excluding carboxylic acids is 1. The Morgan fingerprint density at radius 2 is 2.14 bits per heavy atom. The van der Waals surface area contributed by atoms with Gasteiger partial charge in [-0.15, -0.1) is 0 Å². The molecule has 1 aromatic carbocycles. The standard InChI is InChI=1S/C16H21NO4/c1-12-4-2-5-13(10-12)16(6-3-7-16)15(20)17-8-9-21-11-14(18)19/h2,4-5,10H,3,6-9,11H2,1H3,(H,17,20)(H,18,19). The Hall–Kier alpha value is -1.88. The van der Waals surface area contributed by atoms with Crippen molar-refractivity contribution in [2.24, 2.45) is 0 Å². The maximum atomic E-state index is 12.5. The molecule has 0 radical (unpaired) electrons. The number of ether oxygens (including phenoxy) is 1. The quantitative estimate of drug-likeness (QED) is 0.749. The molecule has 21 heavy (non-hydrogen) atoms. The normalized spacial score (nSPS) is 16.0. The van der Waals surface area contributed by atoms with E-state index in [1.165, 1.54) is 0 Å². The van der Waals surface area contributed by atoms with Gasteiger partial charge in [-0.3, -0.25) is 4.79 Å². The van der Waals surface area contributed by atoms with Crippen molar-refractivity contribution in [3.8, 4) is 0 Å². The van der Waals surface area contributed by atoms with E-state index in [1.807, 2.05) is 25.1 Å². The Bertz CT molecular complexity index is 523. The molecule has 0 saturated heterocycles. The van der Waals surface area contributed by atoms with Crippen LogP contribution >= 0.6 is 0 Å². The monoisotopic (exact) mass is 291 g/mol. The molecule has 5 nitrogen and oxygen atoms in total. The highest BCUT2D eigenvalue weighted by Gasteiger charge is 2.45. The molecular formula is C16H21NO4. The Kier molecular flexibility index (Phi) is 4.96. The zero-order chi connectivity index (χ0) is 15.3. The molecule has 0 atom stereocenters. The van der Waals surface area contributed by atoms with Crippen molar-refractivity contribution in [3.05, 3.63) is 35.4 Å². The second-order valence-electron chi connectivity index (χ2n) is 5.51. The summed E-state index contributed by atoms with van der Waals surface area (Å²) in [5, 5.41) is 11.3. The minimum Gasteiger partial charge on any atom is -0.480 e. The second-order valence-corrected chi connectivity index (χ2v) is 5.51. The minimum absolute atomic E-state index is 0.0123. The molecule has 2 rings (SSSR count). The largest absolute Gasteiger partial charge is 0.480 e. The van der Waals surface area contributed by atoms with Crippen molar-refractivity contribution >= 4 is 11.9 Å². The van der Waals surface area contributed by atoms with Gasteiger partial charge in [-0.05, 0) is 25.3 Å². The topological polar surface area (TPSA) is 75.6 Å². The van der Waals surface area contributed by atoms with Gasteiger partial charge >= 0.3 is 5.97 Å². The van der Waals surface area contributed by atoms with Crippen LogP contribution in [-0.2, 0) is 19.7 Å². The second kappa shape index (κ2) is 6.72. The smallest absolute Gasteiger partial charge is 0.329 e. The molecule has 0 unspecified atom stereocenters. The lowest BCUT2D eigenvalue weighted by Crippen LogP contribution is -2.50. The van der Waals surface area contributed by atoms with Gasteiger partial charge in [0.1, 0.15) is 6.61 Å². The molecular weight excluding hydrogens is 270 g/mol. The van der Waals surface area contributed by atoms with Crippen molar-refractivity contribution in [2.75, 3.05) is 19.8 Å². The maximum absolute atomic E-state index is 12.5. The number of carboxylic acids is 1. The molecule has 1 saturated carbocycles. The molecule has 1 aliphatic carbocycles. The molecule has 0 aromatic heterocycles. The predicted molar refractivity (Wildman–Crippen MR) is 78.2 cm³/mol. The first-order valence-corrected chi connectivity index (χ1v) is 7.19. The van der Waals surface area contributed by atoms with E-state index in [0.717, 1.165) is 30.4 Å². The summed E-state index contributed by atoms with van der Waals surface area (Å²) in [5.41, 5.74) is 1.80. The molecule has 114 valence electrons. The maximum Gasteiger partial charge on any atom is 0.329 e. The van der Waals surface area contributed by atoms with Gasteiger partial charge < -0.3 is 15.2 Å². The van der Waals surface area contributed by atoms with E-state index >= 15 is 0 Å². The lowest BCUT2D eigenvalue weighted by molar-refractivity contribution is -0.142. The number of carbonyl (C=O) groups is 2. The number of nitrogens with one attached hydrogen (secondary N) is 1. The SMILES string of the molecule is Cc1cccc(C2(C(=O)NCCOCC(=O)O)CCC2)c1. The summed E-state index contributed by atoms with van der Waals surface area (Å²) in [4.78, 5) is 22.8. The van der Waals surface area contributed by atoms with Crippen LogP contribution < -0.4 is 5.32 Å². The van der Waals surface area contributed by atoms with Crippen LogP contribution in [0.15, 0.2) is 24.3 Å². The predicted octanol–water partition coefficient (Wildman–Crippen LogP) is 1.63. The average molecular weight is 291 g/mol. The summed E-state index contributed by atoms with van der Waals surface area (Å²) in [6.07, 6.45) is 2.77. The van der Waals surface area contributed by atoms with Crippen LogP contribution in [0.1, 0.15) is 30.4 Å². The average Bonchev–Trinajstić information content (AvgIpc) is 2.36. The molecule has 0 heterocycles. The van der Waals surface area contributed by atoms with E-state index in [2.05, 4.69) is 11.4 Å². The molecule has 1 aromatic rings. The fourth-order valence-electron chi connectivity index (χ4n) is 2.69. The number of hydrogen-bond donors (Lipinski definition) is 2. The van der Waals surface area contributed by atoms with Crippen LogP contribution in [0.4, 0.5) is 0 Å². The summed E-state index contributed by atoms with van der Waals surface area (Å²) in [7, 11) is 0. The van der Waals surface area contributed by atoms with Crippen molar-refractivity contribution in [1.82, 2.24) is 5.32 Å². The number of benzene rings is 1. The number of hydrogen-bond acceptors (Lipinski definition) is 3. The number of carboxylic acid groups (broad SMARTS) is 1. The molecule has 5 heteroatoms. The van der Waals surface area contributed by atoms with Gasteiger partial charge in [0.25, 0.3) is 0 Å². The van der Waals surface area contributed by atoms with Crippen LogP contribution in [-0.4, -0.2) is 36.7 Å². The molecule has 1 aliphatic rings.